The van der Waals surface area contributed by atoms with Crippen LogP contribution in [0.25, 0.3) is 0 Å². The third-order valence-electron chi connectivity index (χ3n) is 5.20. The van der Waals surface area contributed by atoms with Crippen LogP contribution in [0.5, 0.6) is 0 Å². The smallest absolute Gasteiger partial charge is 0.256 e. The minimum atomic E-state index is -3.54. The van der Waals surface area contributed by atoms with E-state index in [1.807, 2.05) is 6.92 Å². The Kier molecular flexibility index (Phi) is 5.03. The minimum absolute atomic E-state index is 0.0165. The summed E-state index contributed by atoms with van der Waals surface area (Å²) in [5.41, 5.74) is 2.46. The molecule has 3 heterocycles. The number of piperidine rings is 1. The lowest BCUT2D eigenvalue weighted by Gasteiger charge is -2.31. The van der Waals surface area contributed by atoms with Crippen molar-refractivity contribution in [3.63, 3.8) is 0 Å². The van der Waals surface area contributed by atoms with Crippen LogP contribution in [0.15, 0.2) is 16.0 Å². The SMILES string of the molecule is Cc1n[nH]c(C)c1S(=O)(=O)N1CCC(Cn2cnc(C)c(C)c2=O)CC1. The topological polar surface area (TPSA) is 101 Å². The summed E-state index contributed by atoms with van der Waals surface area (Å²) in [4.78, 5) is 16.9. The summed E-state index contributed by atoms with van der Waals surface area (Å²) >= 11 is 0. The normalized spacial score (nSPS) is 16.9. The van der Waals surface area contributed by atoms with E-state index in [-0.39, 0.29) is 16.4 Å². The Bertz CT molecular complexity index is 949. The molecule has 1 aliphatic rings. The van der Waals surface area contributed by atoms with Crippen LogP contribution in [0.4, 0.5) is 0 Å². The maximum atomic E-state index is 12.9. The average Bonchev–Trinajstić information content (AvgIpc) is 2.95. The summed E-state index contributed by atoms with van der Waals surface area (Å²) in [5.74, 6) is 0.259. The molecule has 3 rings (SSSR count). The van der Waals surface area contributed by atoms with Gasteiger partial charge >= 0.3 is 0 Å². The number of nitrogens with one attached hydrogen (secondary N) is 1. The second-order valence-electron chi connectivity index (χ2n) is 7.02. The Balaban J connectivity index is 1.70. The molecule has 1 aliphatic heterocycles. The van der Waals surface area contributed by atoms with Gasteiger partial charge in [-0.1, -0.05) is 0 Å². The number of nitrogens with zero attached hydrogens (tertiary/aromatic N) is 4. The lowest BCUT2D eigenvalue weighted by atomic mass is 9.98. The zero-order chi connectivity index (χ0) is 19.1. The molecule has 2 aromatic rings. The second kappa shape index (κ2) is 6.96. The number of H-pyrrole nitrogens is 1. The summed E-state index contributed by atoms with van der Waals surface area (Å²) in [7, 11) is -3.54. The number of aryl methyl sites for hydroxylation is 3. The van der Waals surface area contributed by atoms with Gasteiger partial charge in [-0.2, -0.15) is 9.40 Å². The van der Waals surface area contributed by atoms with Gasteiger partial charge in [0.1, 0.15) is 4.90 Å². The predicted octanol–water partition coefficient (Wildman–Crippen LogP) is 1.30. The van der Waals surface area contributed by atoms with Crippen molar-refractivity contribution < 1.29 is 8.42 Å². The predicted molar refractivity (Wildman–Crippen MR) is 97.5 cm³/mol. The fourth-order valence-corrected chi connectivity index (χ4v) is 5.27. The Hall–Kier alpha value is -2.00. The molecule has 1 N–H and O–H groups in total. The summed E-state index contributed by atoms with van der Waals surface area (Å²) < 4.78 is 28.9. The first-order valence-electron chi connectivity index (χ1n) is 8.76. The molecule has 0 saturated carbocycles. The first-order chi connectivity index (χ1) is 12.2. The van der Waals surface area contributed by atoms with Gasteiger partial charge in [0.2, 0.25) is 10.0 Å². The molecule has 0 spiro atoms. The number of aromatic nitrogens is 4. The lowest BCUT2D eigenvalue weighted by Crippen LogP contribution is -2.40. The van der Waals surface area contributed by atoms with Gasteiger partial charge < -0.3 is 0 Å². The summed E-state index contributed by atoms with van der Waals surface area (Å²) in [5, 5.41) is 6.74. The highest BCUT2D eigenvalue weighted by Crippen LogP contribution is 2.27. The number of hydrogen-bond donors (Lipinski definition) is 1. The van der Waals surface area contributed by atoms with E-state index in [0.29, 0.717) is 49.4 Å². The first-order valence-corrected chi connectivity index (χ1v) is 10.2. The molecule has 9 heteroatoms. The summed E-state index contributed by atoms with van der Waals surface area (Å²) in [6.07, 6.45) is 3.02. The van der Waals surface area contributed by atoms with E-state index in [4.69, 9.17) is 0 Å². The van der Waals surface area contributed by atoms with Gasteiger partial charge in [-0.3, -0.25) is 14.5 Å². The maximum absolute atomic E-state index is 12.9. The molecule has 8 nitrogen and oxygen atoms in total. The molecule has 0 aromatic carbocycles. The van der Waals surface area contributed by atoms with E-state index in [1.165, 1.54) is 4.31 Å². The number of sulfonamides is 1. The highest BCUT2D eigenvalue weighted by Gasteiger charge is 2.32. The first kappa shape index (κ1) is 18.8. The standard InChI is InChI=1S/C17H25N5O3S/c1-11-12(2)18-10-21(17(11)23)9-15-5-7-22(8-6-15)26(24,25)16-13(3)19-20-14(16)4/h10,15H,5-9H2,1-4H3,(H,19,20). The van der Waals surface area contributed by atoms with Gasteiger partial charge in [0.15, 0.2) is 0 Å². The van der Waals surface area contributed by atoms with Crippen molar-refractivity contribution in [2.24, 2.45) is 5.92 Å². The van der Waals surface area contributed by atoms with E-state index < -0.39 is 10.0 Å². The molecule has 1 fully saturated rings. The van der Waals surface area contributed by atoms with E-state index in [2.05, 4.69) is 15.2 Å². The number of rotatable bonds is 4. The maximum Gasteiger partial charge on any atom is 0.256 e. The third kappa shape index (κ3) is 3.33. The van der Waals surface area contributed by atoms with Crippen molar-refractivity contribution in [3.8, 4) is 0 Å². The minimum Gasteiger partial charge on any atom is -0.299 e. The lowest BCUT2D eigenvalue weighted by molar-refractivity contribution is 0.250. The van der Waals surface area contributed by atoms with E-state index in [1.54, 1.807) is 31.7 Å². The average molecular weight is 379 g/mol. The largest absolute Gasteiger partial charge is 0.299 e. The Morgan fingerprint density at radius 1 is 1.15 bits per heavy atom. The molecule has 26 heavy (non-hydrogen) atoms. The molecular weight excluding hydrogens is 354 g/mol. The molecule has 2 aromatic heterocycles. The van der Waals surface area contributed by atoms with Crippen molar-refractivity contribution in [1.82, 2.24) is 24.1 Å². The van der Waals surface area contributed by atoms with Gasteiger partial charge in [0.05, 0.1) is 17.7 Å². The van der Waals surface area contributed by atoms with Crippen LogP contribution in [0.2, 0.25) is 0 Å². The molecule has 0 atom stereocenters. The van der Waals surface area contributed by atoms with Crippen molar-refractivity contribution in [3.05, 3.63) is 39.3 Å². The highest BCUT2D eigenvalue weighted by atomic mass is 32.2. The van der Waals surface area contributed by atoms with Crippen LogP contribution in [0, 0.1) is 33.6 Å². The van der Waals surface area contributed by atoms with Crippen molar-refractivity contribution in [2.75, 3.05) is 13.1 Å². The van der Waals surface area contributed by atoms with Crippen LogP contribution >= 0.6 is 0 Å². The van der Waals surface area contributed by atoms with Gasteiger partial charge in [0.25, 0.3) is 5.56 Å². The molecule has 142 valence electrons. The second-order valence-corrected chi connectivity index (χ2v) is 8.90. The molecule has 0 bridgehead atoms. The monoisotopic (exact) mass is 379 g/mol. The van der Waals surface area contributed by atoms with Crippen LogP contribution < -0.4 is 5.56 Å². The van der Waals surface area contributed by atoms with Gasteiger partial charge in [-0.05, 0) is 46.5 Å². The fraction of sp³-hybridized carbons (Fsp3) is 0.588. The van der Waals surface area contributed by atoms with Gasteiger partial charge in [-0.25, -0.2) is 13.4 Å². The number of hydrogen-bond acceptors (Lipinski definition) is 5. The van der Waals surface area contributed by atoms with Gasteiger partial charge in [0, 0.05) is 30.9 Å². The van der Waals surface area contributed by atoms with Crippen LogP contribution in [-0.2, 0) is 16.6 Å². The molecule has 0 unspecified atom stereocenters. The molecule has 1 saturated heterocycles. The van der Waals surface area contributed by atoms with E-state index >= 15 is 0 Å². The van der Waals surface area contributed by atoms with E-state index in [9.17, 15) is 13.2 Å². The molecule has 0 radical (unpaired) electrons. The van der Waals surface area contributed by atoms with Crippen LogP contribution in [-0.4, -0.2) is 45.6 Å². The number of aromatic amines is 1. The van der Waals surface area contributed by atoms with Crippen molar-refractivity contribution in [2.45, 2.75) is 52.0 Å². The van der Waals surface area contributed by atoms with Gasteiger partial charge in [-0.15, -0.1) is 0 Å². The zero-order valence-corrected chi connectivity index (χ0v) is 16.4. The van der Waals surface area contributed by atoms with E-state index in [0.717, 1.165) is 5.69 Å². The van der Waals surface area contributed by atoms with Crippen molar-refractivity contribution in [1.29, 1.82) is 0 Å². The Morgan fingerprint density at radius 2 is 1.81 bits per heavy atom. The molecule has 0 aliphatic carbocycles. The molecular formula is C17H25N5O3S. The van der Waals surface area contributed by atoms with Crippen molar-refractivity contribution >= 4 is 10.0 Å². The Morgan fingerprint density at radius 3 is 2.38 bits per heavy atom. The molecule has 0 amide bonds. The van der Waals surface area contributed by atoms with Crippen LogP contribution in [0.3, 0.4) is 0 Å². The highest BCUT2D eigenvalue weighted by molar-refractivity contribution is 7.89. The zero-order valence-electron chi connectivity index (χ0n) is 15.6. The van der Waals surface area contributed by atoms with Crippen LogP contribution in [0.1, 0.15) is 35.5 Å². The summed E-state index contributed by atoms with van der Waals surface area (Å²) in [6, 6.07) is 0. The third-order valence-corrected chi connectivity index (χ3v) is 7.36. The summed E-state index contributed by atoms with van der Waals surface area (Å²) in [6.45, 7) is 8.50. The quantitative estimate of drug-likeness (QED) is 0.863. The fourth-order valence-electron chi connectivity index (χ4n) is 3.47. The Labute approximate surface area is 153 Å².